The van der Waals surface area contributed by atoms with E-state index < -0.39 is 6.09 Å². The van der Waals surface area contributed by atoms with E-state index in [0.29, 0.717) is 12.6 Å². The fourth-order valence-electron chi connectivity index (χ4n) is 4.57. The van der Waals surface area contributed by atoms with E-state index in [4.69, 9.17) is 5.11 Å². The summed E-state index contributed by atoms with van der Waals surface area (Å²) >= 11 is 0. The SMILES string of the molecule is COCC(C)NC(=O)O.Cn1cc(-c2cccc(-c3ncc(-c4cnn(C5CCCCC5)c4)cn3)c2)cn1. The summed E-state index contributed by atoms with van der Waals surface area (Å²) < 4.78 is 8.61. The Bertz CT molecular complexity index is 1310. The number of methoxy groups -OCH3 is 1. The van der Waals surface area contributed by atoms with Crippen molar-refractivity contribution < 1.29 is 14.6 Å². The maximum absolute atomic E-state index is 9.92. The summed E-state index contributed by atoms with van der Waals surface area (Å²) in [7, 11) is 3.45. The van der Waals surface area contributed by atoms with Crippen LogP contribution in [-0.4, -0.2) is 60.5 Å². The number of hydrogen-bond donors (Lipinski definition) is 2. The molecule has 200 valence electrons. The normalized spacial score (nSPS) is 14.4. The summed E-state index contributed by atoms with van der Waals surface area (Å²) in [6, 6.07) is 8.65. The molecule has 5 rings (SSSR count). The quantitative estimate of drug-likeness (QED) is 0.346. The van der Waals surface area contributed by atoms with E-state index in [1.165, 1.54) is 39.2 Å². The maximum atomic E-state index is 9.92. The van der Waals surface area contributed by atoms with Gasteiger partial charge in [0.2, 0.25) is 0 Å². The molecule has 1 aliphatic rings. The number of benzene rings is 1. The van der Waals surface area contributed by atoms with Gasteiger partial charge in [0, 0.05) is 61.2 Å². The molecule has 0 bridgehead atoms. The van der Waals surface area contributed by atoms with Gasteiger partial charge in [0.15, 0.2) is 5.82 Å². The molecule has 3 heterocycles. The minimum atomic E-state index is -1.01. The molecule has 1 amide bonds. The van der Waals surface area contributed by atoms with Crippen LogP contribution in [0.3, 0.4) is 0 Å². The summed E-state index contributed by atoms with van der Waals surface area (Å²) in [5, 5.41) is 19.2. The molecule has 1 aromatic carbocycles. The first-order valence-corrected chi connectivity index (χ1v) is 12.9. The molecule has 0 spiro atoms. The molecule has 1 atom stereocenters. The predicted molar refractivity (Wildman–Crippen MR) is 146 cm³/mol. The lowest BCUT2D eigenvalue weighted by Crippen LogP contribution is -2.34. The fraction of sp³-hybridized carbons (Fsp3) is 0.393. The predicted octanol–water partition coefficient (Wildman–Crippen LogP) is 5.20. The molecule has 4 aromatic rings. The highest BCUT2D eigenvalue weighted by molar-refractivity contribution is 5.70. The average molecular weight is 518 g/mol. The van der Waals surface area contributed by atoms with Gasteiger partial charge >= 0.3 is 6.09 Å². The summed E-state index contributed by atoms with van der Waals surface area (Å²) in [4.78, 5) is 19.2. The fourth-order valence-corrected chi connectivity index (χ4v) is 4.57. The Hall–Kier alpha value is -4.05. The molecule has 2 N–H and O–H groups in total. The van der Waals surface area contributed by atoms with E-state index in [2.05, 4.69) is 53.2 Å². The van der Waals surface area contributed by atoms with Crippen LogP contribution in [0.2, 0.25) is 0 Å². The number of hydrogen-bond acceptors (Lipinski definition) is 6. The van der Waals surface area contributed by atoms with Crippen LogP contribution in [0, 0.1) is 0 Å². The first kappa shape index (κ1) is 27.0. The van der Waals surface area contributed by atoms with Crippen LogP contribution in [0.25, 0.3) is 33.6 Å². The van der Waals surface area contributed by atoms with Gasteiger partial charge in [-0.3, -0.25) is 9.36 Å². The highest BCUT2D eigenvalue weighted by Gasteiger charge is 2.16. The molecular formula is C28H35N7O3. The smallest absolute Gasteiger partial charge is 0.404 e. The third kappa shape index (κ3) is 7.25. The summed E-state index contributed by atoms with van der Waals surface area (Å²) in [5.74, 6) is 0.721. The number of aromatic nitrogens is 6. The molecule has 10 heteroatoms. The highest BCUT2D eigenvalue weighted by Crippen LogP contribution is 2.29. The van der Waals surface area contributed by atoms with Gasteiger partial charge in [0.05, 0.1) is 31.1 Å². The number of amides is 1. The maximum Gasteiger partial charge on any atom is 0.404 e. The van der Waals surface area contributed by atoms with Gasteiger partial charge in [-0.25, -0.2) is 14.8 Å². The largest absolute Gasteiger partial charge is 0.465 e. The van der Waals surface area contributed by atoms with Crippen molar-refractivity contribution in [1.29, 1.82) is 0 Å². The van der Waals surface area contributed by atoms with E-state index in [9.17, 15) is 4.79 Å². The van der Waals surface area contributed by atoms with Crippen molar-refractivity contribution in [1.82, 2.24) is 34.8 Å². The zero-order valence-corrected chi connectivity index (χ0v) is 22.1. The van der Waals surface area contributed by atoms with E-state index >= 15 is 0 Å². The van der Waals surface area contributed by atoms with Gasteiger partial charge in [-0.05, 0) is 31.4 Å². The Labute approximate surface area is 222 Å². The molecule has 10 nitrogen and oxygen atoms in total. The third-order valence-corrected chi connectivity index (χ3v) is 6.48. The summed E-state index contributed by atoms with van der Waals surface area (Å²) in [5.41, 5.74) is 5.26. The van der Waals surface area contributed by atoms with Gasteiger partial charge < -0.3 is 15.2 Å². The van der Waals surface area contributed by atoms with Crippen LogP contribution >= 0.6 is 0 Å². The van der Waals surface area contributed by atoms with Gasteiger partial charge in [0.25, 0.3) is 0 Å². The lowest BCUT2D eigenvalue weighted by Gasteiger charge is -2.21. The summed E-state index contributed by atoms with van der Waals surface area (Å²) in [6.45, 7) is 2.14. The Morgan fingerprint density at radius 3 is 2.34 bits per heavy atom. The van der Waals surface area contributed by atoms with Crippen LogP contribution in [0.1, 0.15) is 45.1 Å². The van der Waals surface area contributed by atoms with Gasteiger partial charge in [-0.2, -0.15) is 10.2 Å². The topological polar surface area (TPSA) is 120 Å². The van der Waals surface area contributed by atoms with Crippen LogP contribution < -0.4 is 5.32 Å². The molecule has 1 fully saturated rings. The molecular weight excluding hydrogens is 482 g/mol. The monoisotopic (exact) mass is 517 g/mol. The zero-order valence-electron chi connectivity index (χ0n) is 22.1. The highest BCUT2D eigenvalue weighted by atomic mass is 16.5. The number of nitrogens with zero attached hydrogens (tertiary/aromatic N) is 6. The number of carbonyl (C=O) groups is 1. The minimum Gasteiger partial charge on any atom is -0.465 e. The van der Waals surface area contributed by atoms with Gasteiger partial charge in [-0.1, -0.05) is 37.5 Å². The first-order valence-electron chi connectivity index (χ1n) is 12.9. The van der Waals surface area contributed by atoms with Crippen LogP contribution in [0.5, 0.6) is 0 Å². The Kier molecular flexibility index (Phi) is 9.21. The molecule has 1 unspecified atom stereocenters. The zero-order chi connectivity index (χ0) is 26.9. The van der Waals surface area contributed by atoms with E-state index in [1.807, 2.05) is 50.2 Å². The second-order valence-electron chi connectivity index (χ2n) is 9.59. The number of carboxylic acid groups (broad SMARTS) is 1. The Morgan fingerprint density at radius 1 is 1.00 bits per heavy atom. The minimum absolute atomic E-state index is 0.132. The van der Waals surface area contributed by atoms with E-state index in [1.54, 1.807) is 11.6 Å². The number of rotatable bonds is 7. The van der Waals surface area contributed by atoms with Crippen molar-refractivity contribution in [3.05, 3.63) is 61.4 Å². The van der Waals surface area contributed by atoms with Crippen molar-refractivity contribution in [3.63, 3.8) is 0 Å². The van der Waals surface area contributed by atoms with Crippen LogP contribution in [0.15, 0.2) is 61.4 Å². The average Bonchev–Trinajstić information content (AvgIpc) is 3.59. The van der Waals surface area contributed by atoms with Crippen molar-refractivity contribution in [2.24, 2.45) is 7.05 Å². The second kappa shape index (κ2) is 13.0. The van der Waals surface area contributed by atoms with Crippen molar-refractivity contribution in [2.45, 2.75) is 51.1 Å². The van der Waals surface area contributed by atoms with Crippen molar-refractivity contribution in [2.75, 3.05) is 13.7 Å². The molecule has 0 radical (unpaired) electrons. The number of aryl methyl sites for hydroxylation is 1. The van der Waals surface area contributed by atoms with Crippen molar-refractivity contribution in [3.8, 4) is 33.6 Å². The molecule has 0 saturated heterocycles. The van der Waals surface area contributed by atoms with Gasteiger partial charge in [0.1, 0.15) is 0 Å². The van der Waals surface area contributed by atoms with Crippen LogP contribution in [0.4, 0.5) is 4.79 Å². The van der Waals surface area contributed by atoms with E-state index in [0.717, 1.165) is 33.6 Å². The first-order chi connectivity index (χ1) is 18.4. The summed E-state index contributed by atoms with van der Waals surface area (Å²) in [6.07, 6.45) is 17.1. The third-order valence-electron chi connectivity index (χ3n) is 6.48. The van der Waals surface area contributed by atoms with Crippen molar-refractivity contribution >= 4 is 6.09 Å². The Balaban J connectivity index is 0.000000323. The second-order valence-corrected chi connectivity index (χ2v) is 9.59. The van der Waals surface area contributed by atoms with E-state index in [-0.39, 0.29) is 6.04 Å². The molecule has 38 heavy (non-hydrogen) atoms. The van der Waals surface area contributed by atoms with Crippen LogP contribution in [-0.2, 0) is 11.8 Å². The Morgan fingerprint density at radius 2 is 1.68 bits per heavy atom. The molecule has 0 aliphatic heterocycles. The lowest BCUT2D eigenvalue weighted by atomic mass is 9.96. The number of ether oxygens (including phenoxy) is 1. The number of nitrogens with one attached hydrogen (secondary N) is 1. The van der Waals surface area contributed by atoms with Gasteiger partial charge in [-0.15, -0.1) is 0 Å². The molecule has 1 aliphatic carbocycles. The molecule has 1 saturated carbocycles. The lowest BCUT2D eigenvalue weighted by molar-refractivity contribution is 0.156. The molecule has 3 aromatic heterocycles. The standard InChI is InChI=1S/C23H24N6.C5H11NO3/c1-28-15-20(13-26-28)17-6-5-7-18(10-17)23-24-11-19(12-25-23)21-14-27-29(16-21)22-8-3-2-4-9-22;1-4(3-9-2)6-5(7)8/h5-7,10-16,22H,2-4,8-9H2,1H3;4,6H,3H2,1-2H3,(H,7,8).